The van der Waals surface area contributed by atoms with E-state index in [2.05, 4.69) is 9.97 Å². The first kappa shape index (κ1) is 10.7. The van der Waals surface area contributed by atoms with Gasteiger partial charge in [-0.2, -0.15) is 0 Å². The monoisotopic (exact) mass is 196 g/mol. The van der Waals surface area contributed by atoms with Gasteiger partial charge in [0.2, 0.25) is 0 Å². The predicted molar refractivity (Wildman–Crippen MR) is 56.4 cm³/mol. The number of aromatic nitrogens is 2. The number of nitrogens with zero attached hydrogens (tertiary/aromatic N) is 2. The summed E-state index contributed by atoms with van der Waals surface area (Å²) in [5.41, 5.74) is 5.35. The van der Waals surface area contributed by atoms with Gasteiger partial charge in [0.25, 0.3) is 5.56 Å². The number of H-pyrrole nitrogens is 1. The summed E-state index contributed by atoms with van der Waals surface area (Å²) in [6.07, 6.45) is 1.41. The van der Waals surface area contributed by atoms with E-state index in [1.54, 1.807) is 0 Å². The Morgan fingerprint density at radius 3 is 2.86 bits per heavy atom. The summed E-state index contributed by atoms with van der Waals surface area (Å²) in [5.74, 6) is 0.675. The van der Waals surface area contributed by atoms with Gasteiger partial charge in [0.15, 0.2) is 0 Å². The van der Waals surface area contributed by atoms with E-state index in [9.17, 15) is 4.79 Å². The smallest absolute Gasteiger partial charge is 0.252 e. The molecule has 1 rings (SSSR count). The second-order valence-corrected chi connectivity index (χ2v) is 3.35. The molecule has 3 N–H and O–H groups in total. The van der Waals surface area contributed by atoms with Gasteiger partial charge in [0.1, 0.15) is 5.82 Å². The maximum absolute atomic E-state index is 11.1. The van der Waals surface area contributed by atoms with Crippen LogP contribution in [0.2, 0.25) is 0 Å². The minimum atomic E-state index is -0.141. The summed E-state index contributed by atoms with van der Waals surface area (Å²) in [4.78, 5) is 19.6. The highest BCUT2D eigenvalue weighted by Crippen LogP contribution is 2.09. The van der Waals surface area contributed by atoms with Crippen LogP contribution in [0.25, 0.3) is 0 Å². The van der Waals surface area contributed by atoms with Gasteiger partial charge in [-0.1, -0.05) is 0 Å². The van der Waals surface area contributed by atoms with Gasteiger partial charge in [-0.15, -0.1) is 0 Å². The molecule has 1 aromatic rings. The van der Waals surface area contributed by atoms with Crippen LogP contribution in [-0.2, 0) is 0 Å². The van der Waals surface area contributed by atoms with Crippen molar-refractivity contribution in [1.29, 1.82) is 0 Å². The van der Waals surface area contributed by atoms with Crippen LogP contribution in [0.15, 0.2) is 17.2 Å². The molecule has 5 nitrogen and oxygen atoms in total. The third-order valence-corrected chi connectivity index (χ3v) is 1.95. The number of rotatable bonds is 4. The molecule has 0 aromatic carbocycles. The highest BCUT2D eigenvalue weighted by molar-refractivity contribution is 5.37. The fourth-order valence-electron chi connectivity index (χ4n) is 1.29. The van der Waals surface area contributed by atoms with E-state index < -0.39 is 0 Å². The van der Waals surface area contributed by atoms with Crippen LogP contribution in [0, 0.1) is 0 Å². The van der Waals surface area contributed by atoms with E-state index >= 15 is 0 Å². The van der Waals surface area contributed by atoms with Crippen molar-refractivity contribution in [3.05, 3.63) is 22.7 Å². The van der Waals surface area contributed by atoms with Crippen molar-refractivity contribution >= 4 is 5.82 Å². The molecule has 0 radical (unpaired) electrons. The molecule has 1 aromatic heterocycles. The molecular weight excluding hydrogens is 180 g/mol. The van der Waals surface area contributed by atoms with E-state index in [4.69, 9.17) is 5.73 Å². The molecule has 0 saturated carbocycles. The third kappa shape index (κ3) is 2.56. The first-order valence-corrected chi connectivity index (χ1v) is 4.66. The van der Waals surface area contributed by atoms with Crippen LogP contribution < -0.4 is 16.2 Å². The van der Waals surface area contributed by atoms with E-state index in [0.717, 1.165) is 0 Å². The highest BCUT2D eigenvalue weighted by Gasteiger charge is 2.10. The van der Waals surface area contributed by atoms with E-state index in [0.29, 0.717) is 18.9 Å². The normalized spacial score (nSPS) is 10.6. The minimum absolute atomic E-state index is 0.141. The lowest BCUT2D eigenvalue weighted by atomic mass is 10.3. The van der Waals surface area contributed by atoms with Gasteiger partial charge >= 0.3 is 0 Å². The molecule has 0 fully saturated rings. The Bertz CT molecular complexity index is 334. The van der Waals surface area contributed by atoms with Crippen molar-refractivity contribution in [2.24, 2.45) is 5.73 Å². The number of nitrogens with one attached hydrogen (secondary N) is 1. The summed E-state index contributed by atoms with van der Waals surface area (Å²) in [6.45, 7) is 5.33. The number of aromatic amines is 1. The van der Waals surface area contributed by atoms with Gasteiger partial charge < -0.3 is 15.6 Å². The van der Waals surface area contributed by atoms with E-state index in [1.807, 2.05) is 18.7 Å². The van der Waals surface area contributed by atoms with Crippen LogP contribution in [-0.4, -0.2) is 29.1 Å². The molecule has 0 bridgehead atoms. The Balaban J connectivity index is 2.93. The summed E-state index contributed by atoms with van der Waals surface area (Å²) in [7, 11) is 0. The second-order valence-electron chi connectivity index (χ2n) is 3.35. The SMILES string of the molecule is CC(C)N(CCN)c1cc(=O)[nH]cn1. The second kappa shape index (κ2) is 4.76. The van der Waals surface area contributed by atoms with Crippen LogP contribution >= 0.6 is 0 Å². The fourth-order valence-corrected chi connectivity index (χ4v) is 1.29. The third-order valence-electron chi connectivity index (χ3n) is 1.95. The Morgan fingerprint density at radius 1 is 1.64 bits per heavy atom. The zero-order chi connectivity index (χ0) is 10.6. The summed E-state index contributed by atoms with van der Waals surface area (Å²) in [5, 5.41) is 0. The van der Waals surface area contributed by atoms with Gasteiger partial charge in [-0.25, -0.2) is 4.98 Å². The van der Waals surface area contributed by atoms with Crippen molar-refractivity contribution in [3.63, 3.8) is 0 Å². The van der Waals surface area contributed by atoms with Gasteiger partial charge in [0, 0.05) is 25.2 Å². The van der Waals surface area contributed by atoms with Crippen molar-refractivity contribution in [1.82, 2.24) is 9.97 Å². The molecule has 0 atom stereocenters. The molecule has 5 heteroatoms. The molecule has 0 aliphatic heterocycles. The Kier molecular flexibility index (Phi) is 3.64. The maximum Gasteiger partial charge on any atom is 0.252 e. The zero-order valence-corrected chi connectivity index (χ0v) is 8.53. The first-order chi connectivity index (χ1) is 6.65. The first-order valence-electron chi connectivity index (χ1n) is 4.66. The van der Waals surface area contributed by atoms with Gasteiger partial charge in [0.05, 0.1) is 6.33 Å². The van der Waals surface area contributed by atoms with Crippen LogP contribution in [0.3, 0.4) is 0 Å². The van der Waals surface area contributed by atoms with Crippen LogP contribution in [0.1, 0.15) is 13.8 Å². The Labute approximate surface area is 83.0 Å². The van der Waals surface area contributed by atoms with E-state index in [1.165, 1.54) is 12.4 Å². The van der Waals surface area contributed by atoms with Crippen molar-refractivity contribution < 1.29 is 0 Å². The number of nitrogens with two attached hydrogens (primary N) is 1. The molecule has 0 saturated heterocycles. The van der Waals surface area contributed by atoms with E-state index in [-0.39, 0.29) is 11.6 Å². The lowest BCUT2D eigenvalue weighted by Gasteiger charge is -2.26. The average molecular weight is 196 g/mol. The quantitative estimate of drug-likeness (QED) is 0.707. The molecule has 0 amide bonds. The molecule has 14 heavy (non-hydrogen) atoms. The molecule has 0 unspecified atom stereocenters. The Morgan fingerprint density at radius 2 is 2.36 bits per heavy atom. The summed E-state index contributed by atoms with van der Waals surface area (Å²) < 4.78 is 0. The number of anilines is 1. The molecule has 0 spiro atoms. The molecule has 0 aliphatic carbocycles. The van der Waals surface area contributed by atoms with Gasteiger partial charge in [-0.05, 0) is 13.8 Å². The largest absolute Gasteiger partial charge is 0.353 e. The highest BCUT2D eigenvalue weighted by atomic mass is 16.1. The Hall–Kier alpha value is -1.36. The minimum Gasteiger partial charge on any atom is -0.353 e. The summed E-state index contributed by atoms with van der Waals surface area (Å²) in [6, 6.07) is 1.77. The lowest BCUT2D eigenvalue weighted by Crippen LogP contribution is -2.36. The van der Waals surface area contributed by atoms with Crippen molar-refractivity contribution in [3.8, 4) is 0 Å². The predicted octanol–water partition coefficient (Wildman–Crippen LogP) is -0.0566. The average Bonchev–Trinajstić information content (AvgIpc) is 2.13. The number of hydrogen-bond acceptors (Lipinski definition) is 4. The topological polar surface area (TPSA) is 75.0 Å². The fraction of sp³-hybridized carbons (Fsp3) is 0.556. The maximum atomic E-state index is 11.1. The molecule has 0 aliphatic rings. The number of hydrogen-bond donors (Lipinski definition) is 2. The summed E-state index contributed by atoms with van der Waals surface area (Å²) >= 11 is 0. The molecule has 1 heterocycles. The van der Waals surface area contributed by atoms with Gasteiger partial charge in [-0.3, -0.25) is 4.79 Å². The standard InChI is InChI=1S/C9H16N4O/c1-7(2)13(4-3-10)8-5-9(14)12-6-11-8/h5-7H,3-4,10H2,1-2H3,(H,11,12,14). The zero-order valence-electron chi connectivity index (χ0n) is 8.53. The van der Waals surface area contributed by atoms with Crippen molar-refractivity contribution in [2.45, 2.75) is 19.9 Å². The molecule has 78 valence electrons. The van der Waals surface area contributed by atoms with Crippen molar-refractivity contribution in [2.75, 3.05) is 18.0 Å². The molecular formula is C9H16N4O. The van der Waals surface area contributed by atoms with Crippen LogP contribution in [0.5, 0.6) is 0 Å². The van der Waals surface area contributed by atoms with Crippen LogP contribution in [0.4, 0.5) is 5.82 Å². The lowest BCUT2D eigenvalue weighted by molar-refractivity contribution is 0.673.